The van der Waals surface area contributed by atoms with Gasteiger partial charge in [0.25, 0.3) is 0 Å². The van der Waals surface area contributed by atoms with Gasteiger partial charge in [-0.1, -0.05) is 0 Å². The minimum absolute atomic E-state index is 0.237. The number of nitro groups is 1. The second-order valence-electron chi connectivity index (χ2n) is 1.72. The number of pyridine rings is 1. The van der Waals surface area contributed by atoms with Crippen LogP contribution in [0.3, 0.4) is 0 Å². The molecule has 0 saturated carbocycles. The van der Waals surface area contributed by atoms with Gasteiger partial charge < -0.3 is 0 Å². The molecule has 0 spiro atoms. The van der Waals surface area contributed by atoms with Crippen molar-refractivity contribution in [2.75, 3.05) is 0 Å². The van der Waals surface area contributed by atoms with Crippen molar-refractivity contribution in [1.29, 1.82) is 0 Å². The van der Waals surface area contributed by atoms with Crippen LogP contribution in [0.15, 0.2) is 16.9 Å². The van der Waals surface area contributed by atoms with Gasteiger partial charge in [-0.3, -0.25) is 10.1 Å². The Morgan fingerprint density at radius 1 is 1.73 bits per heavy atom. The van der Waals surface area contributed by atoms with Gasteiger partial charge in [0, 0.05) is 6.07 Å². The molecule has 0 saturated heterocycles. The van der Waals surface area contributed by atoms with Crippen LogP contribution in [0.2, 0.25) is 0 Å². The van der Waals surface area contributed by atoms with Crippen LogP contribution in [0.1, 0.15) is 0 Å². The Morgan fingerprint density at radius 3 is 2.82 bits per heavy atom. The van der Waals surface area contributed by atoms with Crippen LogP contribution < -0.4 is 0 Å². The number of halogens is 2. The fourth-order valence-electron chi connectivity index (χ4n) is 0.535. The number of hydrogen-bond acceptors (Lipinski definition) is 3. The van der Waals surface area contributed by atoms with Gasteiger partial charge in [-0.25, -0.2) is 4.98 Å². The standard InChI is InChI=1S/C5H2BrFN2O2/c6-5-1-3(7)4(2-8-5)9(10)11/h1-2H. The highest BCUT2D eigenvalue weighted by Gasteiger charge is 2.13. The van der Waals surface area contributed by atoms with Gasteiger partial charge in [-0.2, -0.15) is 4.39 Å². The first-order chi connectivity index (χ1) is 5.11. The summed E-state index contributed by atoms with van der Waals surface area (Å²) in [6, 6.07) is 0.943. The fourth-order valence-corrected chi connectivity index (χ4v) is 0.838. The molecular weight excluding hydrogens is 219 g/mol. The summed E-state index contributed by atoms with van der Waals surface area (Å²) in [6.45, 7) is 0. The zero-order valence-corrected chi connectivity index (χ0v) is 6.71. The minimum atomic E-state index is -0.892. The lowest BCUT2D eigenvalue weighted by molar-refractivity contribution is -0.387. The van der Waals surface area contributed by atoms with Crippen molar-refractivity contribution in [2.24, 2.45) is 0 Å². The number of rotatable bonds is 1. The minimum Gasteiger partial charge on any atom is -0.258 e. The highest BCUT2D eigenvalue weighted by molar-refractivity contribution is 9.10. The smallest absolute Gasteiger partial charge is 0.258 e. The summed E-state index contributed by atoms with van der Waals surface area (Å²) in [5.41, 5.74) is -0.617. The van der Waals surface area contributed by atoms with Crippen molar-refractivity contribution < 1.29 is 9.31 Å². The normalized spacial score (nSPS) is 9.64. The van der Waals surface area contributed by atoms with Gasteiger partial charge in [-0.05, 0) is 15.9 Å². The fraction of sp³-hybridized carbons (Fsp3) is 0. The first kappa shape index (κ1) is 8.06. The van der Waals surface area contributed by atoms with Gasteiger partial charge in [0.1, 0.15) is 10.8 Å². The van der Waals surface area contributed by atoms with E-state index in [0.29, 0.717) is 0 Å². The third-order valence-electron chi connectivity index (χ3n) is 0.997. The van der Waals surface area contributed by atoms with E-state index in [4.69, 9.17) is 0 Å². The van der Waals surface area contributed by atoms with Crippen molar-refractivity contribution in [2.45, 2.75) is 0 Å². The maximum absolute atomic E-state index is 12.6. The molecule has 0 N–H and O–H groups in total. The third-order valence-corrected chi connectivity index (χ3v) is 1.43. The molecule has 0 bridgehead atoms. The molecule has 1 heterocycles. The predicted molar refractivity (Wildman–Crippen MR) is 38.5 cm³/mol. The molecule has 1 aromatic rings. The summed E-state index contributed by atoms with van der Waals surface area (Å²) >= 11 is 2.87. The van der Waals surface area contributed by atoms with E-state index in [2.05, 4.69) is 20.9 Å². The topological polar surface area (TPSA) is 56.0 Å². The molecule has 0 aliphatic heterocycles. The largest absolute Gasteiger partial charge is 0.322 e. The average Bonchev–Trinajstić information content (AvgIpc) is 1.85. The second kappa shape index (κ2) is 2.91. The van der Waals surface area contributed by atoms with E-state index in [9.17, 15) is 14.5 Å². The van der Waals surface area contributed by atoms with Gasteiger partial charge in [0.2, 0.25) is 5.82 Å². The zero-order chi connectivity index (χ0) is 8.43. The zero-order valence-electron chi connectivity index (χ0n) is 5.12. The van der Waals surface area contributed by atoms with Crippen LogP contribution in [-0.4, -0.2) is 9.91 Å². The van der Waals surface area contributed by atoms with Crippen molar-refractivity contribution in [3.63, 3.8) is 0 Å². The van der Waals surface area contributed by atoms with Crippen molar-refractivity contribution in [3.05, 3.63) is 32.8 Å². The lowest BCUT2D eigenvalue weighted by atomic mass is 10.4. The lowest BCUT2D eigenvalue weighted by Gasteiger charge is -1.91. The van der Waals surface area contributed by atoms with E-state index in [-0.39, 0.29) is 4.60 Å². The molecule has 0 amide bonds. The molecule has 1 aromatic heterocycles. The van der Waals surface area contributed by atoms with Crippen LogP contribution in [0.25, 0.3) is 0 Å². The Kier molecular flexibility index (Phi) is 2.13. The van der Waals surface area contributed by atoms with E-state index in [1.807, 2.05) is 0 Å². The highest BCUT2D eigenvalue weighted by atomic mass is 79.9. The van der Waals surface area contributed by atoms with Crippen LogP contribution in [0.4, 0.5) is 10.1 Å². The van der Waals surface area contributed by atoms with Gasteiger partial charge in [0.15, 0.2) is 0 Å². The Bertz CT molecular complexity index is 305. The monoisotopic (exact) mass is 220 g/mol. The van der Waals surface area contributed by atoms with Crippen molar-refractivity contribution in [1.82, 2.24) is 4.98 Å². The molecule has 1 rings (SSSR count). The van der Waals surface area contributed by atoms with E-state index in [1.54, 1.807) is 0 Å². The molecule has 0 unspecified atom stereocenters. The summed E-state index contributed by atoms with van der Waals surface area (Å²) in [4.78, 5) is 12.7. The Balaban J connectivity index is 3.20. The van der Waals surface area contributed by atoms with E-state index >= 15 is 0 Å². The van der Waals surface area contributed by atoms with Crippen molar-refractivity contribution >= 4 is 21.6 Å². The Hall–Kier alpha value is -1.04. The predicted octanol–water partition coefficient (Wildman–Crippen LogP) is 1.89. The lowest BCUT2D eigenvalue weighted by Crippen LogP contribution is -1.93. The number of nitrogens with zero attached hydrogens (tertiary/aromatic N) is 2. The first-order valence-corrected chi connectivity index (χ1v) is 3.36. The summed E-state index contributed by atoms with van der Waals surface area (Å²) in [7, 11) is 0. The molecular formula is C5H2BrFN2O2. The quantitative estimate of drug-likeness (QED) is 0.413. The molecule has 0 aliphatic rings. The molecule has 58 valence electrons. The maximum Gasteiger partial charge on any atom is 0.322 e. The summed E-state index contributed by atoms with van der Waals surface area (Å²) in [6.07, 6.45) is 0.861. The molecule has 6 heteroatoms. The van der Waals surface area contributed by atoms with Gasteiger partial charge in [0.05, 0.1) is 4.92 Å². The molecule has 4 nitrogen and oxygen atoms in total. The van der Waals surface area contributed by atoms with E-state index < -0.39 is 16.4 Å². The molecule has 0 aromatic carbocycles. The van der Waals surface area contributed by atoms with Gasteiger partial charge >= 0.3 is 5.69 Å². The van der Waals surface area contributed by atoms with Crippen LogP contribution >= 0.6 is 15.9 Å². The molecule has 0 atom stereocenters. The van der Waals surface area contributed by atoms with Crippen LogP contribution in [-0.2, 0) is 0 Å². The molecule has 11 heavy (non-hydrogen) atoms. The van der Waals surface area contributed by atoms with Crippen LogP contribution in [0.5, 0.6) is 0 Å². The highest BCUT2D eigenvalue weighted by Crippen LogP contribution is 2.17. The maximum atomic E-state index is 12.6. The van der Waals surface area contributed by atoms with Crippen molar-refractivity contribution in [3.8, 4) is 0 Å². The number of aromatic nitrogens is 1. The Morgan fingerprint density at radius 2 is 2.36 bits per heavy atom. The molecule has 0 fully saturated rings. The summed E-state index contributed by atoms with van der Waals surface area (Å²) < 4.78 is 12.8. The SMILES string of the molecule is O=[N+]([O-])c1cnc(Br)cc1F. The number of hydrogen-bond donors (Lipinski definition) is 0. The molecule has 0 radical (unpaired) electrons. The van der Waals surface area contributed by atoms with E-state index in [0.717, 1.165) is 12.3 Å². The second-order valence-corrected chi connectivity index (χ2v) is 2.53. The average molecular weight is 221 g/mol. The van der Waals surface area contributed by atoms with E-state index in [1.165, 1.54) is 0 Å². The summed E-state index contributed by atoms with van der Waals surface area (Å²) in [5.74, 6) is -0.892. The van der Waals surface area contributed by atoms with Gasteiger partial charge in [-0.15, -0.1) is 0 Å². The van der Waals surface area contributed by atoms with Crippen LogP contribution in [0, 0.1) is 15.9 Å². The Labute approximate surface area is 69.3 Å². The molecule has 0 aliphatic carbocycles. The third kappa shape index (κ3) is 1.70. The summed E-state index contributed by atoms with van der Waals surface area (Å²) in [5, 5.41) is 10.0. The first-order valence-electron chi connectivity index (χ1n) is 2.56.